The van der Waals surface area contributed by atoms with E-state index in [4.69, 9.17) is 0 Å². The van der Waals surface area contributed by atoms with Crippen LogP contribution in [0.3, 0.4) is 0 Å². The van der Waals surface area contributed by atoms with Crippen molar-refractivity contribution in [2.75, 3.05) is 0 Å². The second kappa shape index (κ2) is 4.52. The molecule has 0 amide bonds. The maximum absolute atomic E-state index is 2.20. The van der Waals surface area contributed by atoms with E-state index >= 15 is 0 Å². The van der Waals surface area contributed by atoms with Crippen molar-refractivity contribution in [1.29, 1.82) is 0 Å². The zero-order valence-electron chi connectivity index (χ0n) is 15.3. The van der Waals surface area contributed by atoms with Gasteiger partial charge >= 0.3 is 0 Å². The van der Waals surface area contributed by atoms with Crippen molar-refractivity contribution in [3.8, 4) is 0 Å². The van der Waals surface area contributed by atoms with Gasteiger partial charge in [-0.05, 0) is 123 Å². The average molecular weight is 323 g/mol. The Bertz CT molecular complexity index is 590. The molecule has 0 aliphatic heterocycles. The number of hydrogen-bond acceptors (Lipinski definition) is 0. The lowest BCUT2D eigenvalue weighted by atomic mass is 9.43. The highest BCUT2D eigenvalue weighted by molar-refractivity contribution is 5.44. The van der Waals surface area contributed by atoms with Gasteiger partial charge in [0.05, 0.1) is 0 Å². The minimum Gasteiger partial charge on any atom is -0.0633 e. The Morgan fingerprint density at radius 1 is 0.625 bits per heavy atom. The van der Waals surface area contributed by atoms with E-state index in [-0.39, 0.29) is 0 Å². The van der Waals surface area contributed by atoms with E-state index in [2.05, 4.69) is 11.1 Å². The van der Waals surface area contributed by atoms with Gasteiger partial charge in [0, 0.05) is 0 Å². The van der Waals surface area contributed by atoms with Gasteiger partial charge in [-0.25, -0.2) is 0 Å². The highest BCUT2D eigenvalue weighted by atomic mass is 14.7. The maximum Gasteiger partial charge on any atom is -0.00149 e. The SMILES string of the molecule is C1CC2CCC1C[C@@]21C2=C(C3CCC2CC3)C2C3CCC(CC3)C21. The minimum atomic E-state index is 0.759. The maximum atomic E-state index is 2.20. The van der Waals surface area contributed by atoms with Crippen LogP contribution < -0.4 is 0 Å². The van der Waals surface area contributed by atoms with Gasteiger partial charge in [-0.15, -0.1) is 0 Å². The van der Waals surface area contributed by atoms with Crippen molar-refractivity contribution in [1.82, 2.24) is 0 Å². The molecule has 0 heteroatoms. The van der Waals surface area contributed by atoms with Crippen LogP contribution >= 0.6 is 0 Å². The predicted octanol–water partition coefficient (Wildman–Crippen LogP) is 6.37. The molecule has 130 valence electrons. The van der Waals surface area contributed by atoms with Crippen LogP contribution in [0.15, 0.2) is 11.1 Å². The fourth-order valence-electron chi connectivity index (χ4n) is 10.3. The molecule has 1 spiro atoms. The highest BCUT2D eigenvalue weighted by Crippen LogP contribution is 2.76. The normalized spacial score (nSPS) is 60.0. The topological polar surface area (TPSA) is 0 Å². The van der Waals surface area contributed by atoms with Crippen molar-refractivity contribution in [2.45, 2.75) is 83.5 Å². The summed E-state index contributed by atoms with van der Waals surface area (Å²) in [5.74, 6) is 8.81. The van der Waals surface area contributed by atoms with Crippen LogP contribution in [0.5, 0.6) is 0 Å². The summed E-state index contributed by atoms with van der Waals surface area (Å²) in [6, 6.07) is 0. The molecule has 10 aliphatic carbocycles. The molecule has 6 bridgehead atoms. The van der Waals surface area contributed by atoms with Gasteiger partial charge in [0.15, 0.2) is 0 Å². The predicted molar refractivity (Wildman–Crippen MR) is 97.4 cm³/mol. The molecule has 7 fully saturated rings. The van der Waals surface area contributed by atoms with Crippen LogP contribution in [0.4, 0.5) is 0 Å². The number of rotatable bonds is 0. The van der Waals surface area contributed by atoms with Gasteiger partial charge < -0.3 is 0 Å². The third-order valence-electron chi connectivity index (χ3n) is 10.8. The summed E-state index contributed by atoms with van der Waals surface area (Å²) in [5, 5.41) is 0. The highest BCUT2D eigenvalue weighted by Gasteiger charge is 2.67. The quantitative estimate of drug-likeness (QED) is 0.455. The van der Waals surface area contributed by atoms with E-state index in [9.17, 15) is 0 Å². The summed E-state index contributed by atoms with van der Waals surface area (Å²) in [4.78, 5) is 0. The molecule has 2 unspecified atom stereocenters. The molecule has 0 saturated heterocycles. The Hall–Kier alpha value is -0.260. The Morgan fingerprint density at radius 2 is 1.29 bits per heavy atom. The van der Waals surface area contributed by atoms with E-state index in [1.54, 1.807) is 83.5 Å². The van der Waals surface area contributed by atoms with Crippen LogP contribution in [0.25, 0.3) is 0 Å². The van der Waals surface area contributed by atoms with Crippen molar-refractivity contribution in [3.63, 3.8) is 0 Å². The van der Waals surface area contributed by atoms with Crippen LogP contribution in [0, 0.1) is 52.8 Å². The fraction of sp³-hybridized carbons (Fsp3) is 0.917. The lowest BCUT2D eigenvalue weighted by molar-refractivity contribution is -0.0899. The van der Waals surface area contributed by atoms with Gasteiger partial charge in [0.25, 0.3) is 0 Å². The standard InChI is InChI=1S/C24H34/c1-11-19-12-2-14(1)13-24(19)22-17-7-3-15(4-8-17)20(22)21-16-5-9-18(10-6-16)23(21)24/h14-20,22H,1-13H2/t14?,15?,16?,17?,18?,19?,20?,22?,24-/m1/s1. The molecule has 7 saturated carbocycles. The van der Waals surface area contributed by atoms with Gasteiger partial charge in [-0.1, -0.05) is 24.0 Å². The van der Waals surface area contributed by atoms with E-state index in [0.29, 0.717) is 0 Å². The van der Waals surface area contributed by atoms with Crippen molar-refractivity contribution in [2.24, 2.45) is 52.8 Å². The van der Waals surface area contributed by atoms with Crippen LogP contribution in [-0.4, -0.2) is 0 Å². The zero-order chi connectivity index (χ0) is 15.5. The molecular formula is C24H34. The van der Waals surface area contributed by atoms with E-state index in [1.807, 2.05) is 0 Å². The molecule has 10 rings (SSSR count). The lowest BCUT2D eigenvalue weighted by Crippen LogP contribution is -2.53. The van der Waals surface area contributed by atoms with Crippen molar-refractivity contribution >= 4 is 0 Å². The summed E-state index contributed by atoms with van der Waals surface area (Å²) in [5.41, 5.74) is 5.13. The van der Waals surface area contributed by atoms with Gasteiger partial charge in [-0.3, -0.25) is 0 Å². The first-order valence-corrected chi connectivity index (χ1v) is 11.6. The summed E-state index contributed by atoms with van der Waals surface area (Å²) >= 11 is 0. The lowest BCUT2D eigenvalue weighted by Gasteiger charge is -2.61. The van der Waals surface area contributed by atoms with E-state index in [0.717, 1.165) is 52.8 Å². The Kier molecular flexibility index (Phi) is 2.62. The van der Waals surface area contributed by atoms with E-state index in [1.165, 1.54) is 0 Å². The van der Waals surface area contributed by atoms with Gasteiger partial charge in [0.1, 0.15) is 0 Å². The first-order valence-electron chi connectivity index (χ1n) is 11.6. The molecular weight excluding hydrogens is 288 g/mol. The van der Waals surface area contributed by atoms with E-state index < -0.39 is 0 Å². The smallest absolute Gasteiger partial charge is 0.00149 e. The Balaban J connectivity index is 1.47. The number of hydrogen-bond donors (Lipinski definition) is 0. The molecule has 0 aromatic rings. The van der Waals surface area contributed by atoms with Gasteiger partial charge in [0.2, 0.25) is 0 Å². The minimum absolute atomic E-state index is 0.759. The molecule has 0 heterocycles. The third-order valence-corrected chi connectivity index (χ3v) is 10.8. The van der Waals surface area contributed by atoms with Crippen LogP contribution in [0.1, 0.15) is 83.5 Å². The van der Waals surface area contributed by atoms with Crippen LogP contribution in [0.2, 0.25) is 0 Å². The summed E-state index contributed by atoms with van der Waals surface area (Å²) in [6.07, 6.45) is 20.8. The second-order valence-electron chi connectivity index (χ2n) is 11.1. The summed E-state index contributed by atoms with van der Waals surface area (Å²) < 4.78 is 0. The van der Waals surface area contributed by atoms with Crippen molar-refractivity contribution < 1.29 is 0 Å². The molecule has 0 nitrogen and oxygen atoms in total. The third kappa shape index (κ3) is 1.43. The largest absolute Gasteiger partial charge is 0.0633 e. The molecule has 0 N–H and O–H groups in total. The number of fused-ring (bicyclic) bond motifs is 6. The summed E-state index contributed by atoms with van der Waals surface area (Å²) in [7, 11) is 0. The molecule has 0 aromatic heterocycles. The number of allylic oxidation sites excluding steroid dienone is 2. The zero-order valence-corrected chi connectivity index (χ0v) is 15.3. The molecule has 0 radical (unpaired) electrons. The fourth-order valence-corrected chi connectivity index (χ4v) is 10.3. The molecule has 0 aromatic carbocycles. The molecule has 24 heavy (non-hydrogen) atoms. The molecule has 3 atom stereocenters. The van der Waals surface area contributed by atoms with Crippen LogP contribution in [-0.2, 0) is 0 Å². The molecule has 10 aliphatic rings. The average Bonchev–Trinajstić information content (AvgIpc) is 3.00. The Labute approximate surface area is 147 Å². The monoisotopic (exact) mass is 322 g/mol. The first kappa shape index (κ1) is 13.9. The Morgan fingerprint density at radius 3 is 1.96 bits per heavy atom. The second-order valence-corrected chi connectivity index (χ2v) is 11.1. The summed E-state index contributed by atoms with van der Waals surface area (Å²) in [6.45, 7) is 0. The van der Waals surface area contributed by atoms with Crippen molar-refractivity contribution in [3.05, 3.63) is 11.1 Å². The van der Waals surface area contributed by atoms with Gasteiger partial charge in [-0.2, -0.15) is 0 Å². The first-order chi connectivity index (χ1) is 11.9.